The summed E-state index contributed by atoms with van der Waals surface area (Å²) >= 11 is 6.82. The monoisotopic (exact) mass is 882 g/mol. The summed E-state index contributed by atoms with van der Waals surface area (Å²) in [6, 6.07) is 14.3. The molecule has 5 fully saturated rings. The number of aromatic nitrogens is 4. The van der Waals surface area contributed by atoms with E-state index in [2.05, 4.69) is 32.7 Å². The van der Waals surface area contributed by atoms with Gasteiger partial charge in [-0.05, 0) is 80.9 Å². The highest BCUT2D eigenvalue weighted by molar-refractivity contribution is 6.32. The molecular weight excluding hydrogens is 828 g/mol. The number of fused-ring (bicyclic) bond motifs is 1. The minimum atomic E-state index is -0.758. The standard InChI is InChI=1S/C46H55ClN8O8/c1-25-8-17-34(54(25)43(56)38(51-45(58)60-2)30-6-4-18-62-23-30)41-48-22-33(49-41)28-13-9-26(10-14-28)27-11-15-29(16-12-27)37-40(47)53-42(50-37)36-21-32-20-35(32)55(36)44(57)39(52-46(59)61-3)31-7-5-19-63-24-31/h9-16,22,25,30-32,34-36,38-39H,4-8,17-21,23-24H2,1-3H3,(H,48,49)(H,50,53)(H,51,58)(H,52,59). The van der Waals surface area contributed by atoms with Gasteiger partial charge in [0.2, 0.25) is 11.8 Å². The Morgan fingerprint density at radius 1 is 0.730 bits per heavy atom. The fourth-order valence-corrected chi connectivity index (χ4v) is 10.4. The van der Waals surface area contributed by atoms with E-state index in [1.807, 2.05) is 53.1 Å². The number of imidazole rings is 2. The lowest BCUT2D eigenvalue weighted by Crippen LogP contribution is -2.55. The minimum absolute atomic E-state index is 0.0312. The number of halogens is 1. The molecule has 63 heavy (non-hydrogen) atoms. The van der Waals surface area contributed by atoms with Crippen molar-refractivity contribution >= 4 is 35.6 Å². The third-order valence-corrected chi connectivity index (χ3v) is 13.9. The highest BCUT2D eigenvalue weighted by Gasteiger charge is 2.57. The lowest BCUT2D eigenvalue weighted by Gasteiger charge is -2.36. The fraction of sp³-hybridized carbons (Fsp3) is 0.522. The number of nitrogens with one attached hydrogen (secondary N) is 4. The van der Waals surface area contributed by atoms with Gasteiger partial charge in [-0.3, -0.25) is 9.59 Å². The normalized spacial score (nSPS) is 26.4. The fourth-order valence-electron chi connectivity index (χ4n) is 10.2. The molecule has 0 bridgehead atoms. The Morgan fingerprint density at radius 3 is 1.87 bits per heavy atom. The maximum absolute atomic E-state index is 14.2. The average Bonchev–Trinajstić information content (AvgIpc) is 3.72. The Morgan fingerprint density at radius 2 is 1.30 bits per heavy atom. The molecule has 4 aliphatic heterocycles. The number of piperidine rings is 1. The maximum Gasteiger partial charge on any atom is 0.407 e. The molecule has 17 heteroatoms. The Kier molecular flexibility index (Phi) is 12.5. The molecule has 4 aromatic rings. The van der Waals surface area contributed by atoms with Crippen LogP contribution in [-0.2, 0) is 28.5 Å². The third-order valence-electron chi connectivity index (χ3n) is 13.7. The number of ether oxygens (including phenoxy) is 4. The zero-order chi connectivity index (χ0) is 43.8. The summed E-state index contributed by atoms with van der Waals surface area (Å²) in [7, 11) is 2.60. The van der Waals surface area contributed by atoms with E-state index >= 15 is 0 Å². The van der Waals surface area contributed by atoms with E-state index in [0.29, 0.717) is 54.8 Å². The zero-order valence-electron chi connectivity index (χ0n) is 35.8. The van der Waals surface area contributed by atoms with Gasteiger partial charge in [0.25, 0.3) is 0 Å². The summed E-state index contributed by atoms with van der Waals surface area (Å²) in [5.74, 6) is 1.13. The van der Waals surface area contributed by atoms with Crippen molar-refractivity contribution in [3.63, 3.8) is 0 Å². The molecule has 5 aliphatic rings. The van der Waals surface area contributed by atoms with Crippen LogP contribution in [0.4, 0.5) is 9.59 Å². The topological polar surface area (TPSA) is 193 Å². The first-order valence-electron chi connectivity index (χ1n) is 22.1. The van der Waals surface area contributed by atoms with Crippen molar-refractivity contribution in [3.8, 4) is 33.6 Å². The van der Waals surface area contributed by atoms with Crippen molar-refractivity contribution in [2.75, 3.05) is 40.6 Å². The van der Waals surface area contributed by atoms with Crippen LogP contribution in [0.2, 0.25) is 5.15 Å². The number of alkyl carbamates (subject to hydrolysis) is 2. The number of carbonyl (C=O) groups is 4. The number of benzene rings is 2. The quantitative estimate of drug-likeness (QED) is 0.125. The van der Waals surface area contributed by atoms with E-state index in [1.54, 1.807) is 6.20 Å². The molecule has 0 spiro atoms. The largest absolute Gasteiger partial charge is 0.453 e. The Hall–Kier alpha value is -5.45. The zero-order valence-corrected chi connectivity index (χ0v) is 36.6. The molecule has 9 unspecified atom stereocenters. The number of rotatable bonds is 11. The van der Waals surface area contributed by atoms with Gasteiger partial charge in [-0.15, -0.1) is 0 Å². The summed E-state index contributed by atoms with van der Waals surface area (Å²) in [4.78, 5) is 73.4. The number of carbonyl (C=O) groups excluding carboxylic acids is 4. The van der Waals surface area contributed by atoms with Gasteiger partial charge in [0.05, 0.1) is 51.4 Å². The van der Waals surface area contributed by atoms with Gasteiger partial charge < -0.3 is 49.3 Å². The van der Waals surface area contributed by atoms with Gasteiger partial charge in [-0.1, -0.05) is 60.1 Å². The smallest absolute Gasteiger partial charge is 0.407 e. The Bertz CT molecular complexity index is 2290. The van der Waals surface area contributed by atoms with E-state index < -0.39 is 24.3 Å². The lowest BCUT2D eigenvalue weighted by molar-refractivity contribution is -0.139. The lowest BCUT2D eigenvalue weighted by atomic mass is 9.92. The molecule has 9 rings (SSSR count). The van der Waals surface area contributed by atoms with Gasteiger partial charge in [0, 0.05) is 42.7 Å². The molecule has 2 aromatic heterocycles. The molecule has 4 amide bonds. The van der Waals surface area contributed by atoms with Crippen molar-refractivity contribution < 1.29 is 38.1 Å². The number of nitrogens with zero attached hydrogens (tertiary/aromatic N) is 4. The molecule has 1 aliphatic carbocycles. The summed E-state index contributed by atoms with van der Waals surface area (Å²) in [6.45, 7) is 4.13. The first-order chi connectivity index (χ1) is 30.6. The van der Waals surface area contributed by atoms with Crippen LogP contribution in [0.15, 0.2) is 54.7 Å². The summed E-state index contributed by atoms with van der Waals surface area (Å²) in [5, 5.41) is 6.01. The highest BCUT2D eigenvalue weighted by atomic mass is 35.5. The van der Waals surface area contributed by atoms with Crippen LogP contribution in [0.1, 0.15) is 82.0 Å². The minimum Gasteiger partial charge on any atom is -0.453 e. The molecule has 4 N–H and O–H groups in total. The van der Waals surface area contributed by atoms with Crippen LogP contribution >= 0.6 is 11.6 Å². The molecular formula is C46H55ClN8O8. The van der Waals surface area contributed by atoms with Crippen molar-refractivity contribution in [1.82, 2.24) is 40.4 Å². The first-order valence-corrected chi connectivity index (χ1v) is 22.5. The number of amides is 4. The summed E-state index contributed by atoms with van der Waals surface area (Å²) in [6.07, 6.45) is 7.00. The number of likely N-dealkylation sites (tertiary alicyclic amines) is 2. The van der Waals surface area contributed by atoms with Gasteiger partial charge in [-0.25, -0.2) is 19.6 Å². The van der Waals surface area contributed by atoms with Gasteiger partial charge >= 0.3 is 12.2 Å². The molecule has 1 saturated carbocycles. The number of hydrogen-bond acceptors (Lipinski definition) is 10. The highest BCUT2D eigenvalue weighted by Crippen LogP contribution is 2.54. The molecule has 2 aromatic carbocycles. The second-order valence-corrected chi connectivity index (χ2v) is 17.9. The van der Waals surface area contributed by atoms with Crippen LogP contribution in [0.5, 0.6) is 0 Å². The Labute approximate surface area is 371 Å². The van der Waals surface area contributed by atoms with Crippen molar-refractivity contribution in [2.45, 2.75) is 94.5 Å². The van der Waals surface area contributed by atoms with Crippen LogP contribution in [0, 0.1) is 17.8 Å². The molecule has 16 nitrogen and oxygen atoms in total. The number of hydrogen-bond donors (Lipinski definition) is 4. The number of methoxy groups -OCH3 is 2. The molecule has 0 radical (unpaired) electrons. The predicted octanol–water partition coefficient (Wildman–Crippen LogP) is 6.80. The molecule has 9 atom stereocenters. The molecule has 4 saturated heterocycles. The van der Waals surface area contributed by atoms with E-state index in [-0.39, 0.29) is 47.8 Å². The number of H-pyrrole nitrogens is 2. The average molecular weight is 883 g/mol. The molecule has 334 valence electrons. The predicted molar refractivity (Wildman–Crippen MR) is 232 cm³/mol. The van der Waals surface area contributed by atoms with Crippen molar-refractivity contribution in [1.29, 1.82) is 0 Å². The second kappa shape index (κ2) is 18.3. The van der Waals surface area contributed by atoms with Crippen molar-refractivity contribution in [2.24, 2.45) is 17.8 Å². The van der Waals surface area contributed by atoms with Crippen LogP contribution in [0.3, 0.4) is 0 Å². The summed E-state index contributed by atoms with van der Waals surface area (Å²) in [5.41, 5.74) is 5.27. The Balaban J connectivity index is 0.875. The summed E-state index contributed by atoms with van der Waals surface area (Å²) < 4.78 is 21.2. The second-order valence-electron chi connectivity index (χ2n) is 17.6. The van der Waals surface area contributed by atoms with E-state index in [1.165, 1.54) is 14.2 Å². The van der Waals surface area contributed by atoms with E-state index in [0.717, 1.165) is 79.3 Å². The van der Waals surface area contributed by atoms with Crippen LogP contribution in [-0.4, -0.2) is 119 Å². The maximum atomic E-state index is 14.2. The van der Waals surface area contributed by atoms with Crippen LogP contribution < -0.4 is 10.6 Å². The van der Waals surface area contributed by atoms with Gasteiger partial charge in [-0.2, -0.15) is 0 Å². The van der Waals surface area contributed by atoms with Crippen LogP contribution in [0.25, 0.3) is 33.6 Å². The van der Waals surface area contributed by atoms with Crippen molar-refractivity contribution in [3.05, 3.63) is 71.5 Å². The van der Waals surface area contributed by atoms with E-state index in [9.17, 15) is 19.2 Å². The molecule has 6 heterocycles. The van der Waals surface area contributed by atoms with E-state index in [4.69, 9.17) is 40.5 Å². The first kappa shape index (κ1) is 42.8. The van der Waals surface area contributed by atoms with Gasteiger partial charge in [0.15, 0.2) is 0 Å². The number of aromatic amines is 2. The third kappa shape index (κ3) is 8.77. The SMILES string of the molecule is COC(=O)NC(C(=O)N1C(C)CCC1c1ncc(-c2ccc(-c3ccc(-c4nc(C5CC6CC6N5C(=O)C(NC(=O)OC)C5CCCOC5)[nH]c4Cl)cc3)cc2)[nH]1)C1CCCOC1. The van der Waals surface area contributed by atoms with Gasteiger partial charge in [0.1, 0.15) is 34.6 Å².